The molecule has 3 N–H and O–H groups in total. The molecule has 0 saturated heterocycles. The van der Waals surface area contributed by atoms with Gasteiger partial charge in [0, 0.05) is 6.08 Å². The van der Waals surface area contributed by atoms with E-state index in [2.05, 4.69) is 5.32 Å². The van der Waals surface area contributed by atoms with Crippen LogP contribution >= 0.6 is 0 Å². The molecule has 19 heavy (non-hydrogen) atoms. The summed E-state index contributed by atoms with van der Waals surface area (Å²) < 4.78 is 5.03. The topological polar surface area (TPSA) is 95.9 Å². The molecule has 0 spiro atoms. The van der Waals surface area contributed by atoms with Crippen LogP contribution in [0.2, 0.25) is 0 Å². The van der Waals surface area contributed by atoms with Crippen molar-refractivity contribution in [3.8, 4) is 5.75 Å². The van der Waals surface area contributed by atoms with Crippen LogP contribution in [0, 0.1) is 0 Å². The maximum absolute atomic E-state index is 11.4. The maximum atomic E-state index is 11.4. The number of methoxy groups -OCH3 is 1. The van der Waals surface area contributed by atoms with Crippen molar-refractivity contribution in [3.63, 3.8) is 0 Å². The minimum Gasteiger partial charge on any atom is -0.497 e. The van der Waals surface area contributed by atoms with E-state index in [4.69, 9.17) is 14.9 Å². The summed E-state index contributed by atoms with van der Waals surface area (Å²) >= 11 is 0. The summed E-state index contributed by atoms with van der Waals surface area (Å²) in [5.74, 6) is -1.19. The largest absolute Gasteiger partial charge is 0.497 e. The molecule has 0 radical (unpaired) electrons. The molecular formula is C13H15NO5. The zero-order valence-electron chi connectivity index (χ0n) is 10.4. The molecule has 6 heteroatoms. The quantitative estimate of drug-likeness (QED) is 0.642. The number of amides is 1. The van der Waals surface area contributed by atoms with E-state index in [1.165, 1.54) is 6.08 Å². The minimum atomic E-state index is -1.60. The Kier molecular flexibility index (Phi) is 5.56. The number of carboxylic acids is 1. The van der Waals surface area contributed by atoms with E-state index in [1.807, 2.05) is 0 Å². The summed E-state index contributed by atoms with van der Waals surface area (Å²) in [4.78, 5) is 21.7. The third kappa shape index (κ3) is 5.22. The Morgan fingerprint density at radius 2 is 2.21 bits per heavy atom. The number of aliphatic hydroxyl groups is 1. The van der Waals surface area contributed by atoms with E-state index in [-0.39, 0.29) is 6.54 Å². The van der Waals surface area contributed by atoms with Crippen molar-refractivity contribution in [2.45, 2.75) is 6.10 Å². The molecule has 1 unspecified atom stereocenters. The predicted molar refractivity (Wildman–Crippen MR) is 68.7 cm³/mol. The zero-order chi connectivity index (χ0) is 14.3. The number of carbonyl (C=O) groups is 2. The van der Waals surface area contributed by atoms with E-state index in [1.54, 1.807) is 37.5 Å². The van der Waals surface area contributed by atoms with E-state index in [0.717, 1.165) is 5.56 Å². The highest BCUT2D eigenvalue weighted by Crippen LogP contribution is 2.13. The lowest BCUT2D eigenvalue weighted by molar-refractivity contribution is -0.146. The highest BCUT2D eigenvalue weighted by Gasteiger charge is 2.12. The van der Waals surface area contributed by atoms with Crippen molar-refractivity contribution < 1.29 is 24.5 Å². The number of carboxylic acid groups (broad SMARTS) is 1. The summed E-state index contributed by atoms with van der Waals surface area (Å²) in [6.45, 7) is -0.337. The highest BCUT2D eigenvalue weighted by molar-refractivity contribution is 5.92. The number of benzene rings is 1. The molecule has 1 amide bonds. The van der Waals surface area contributed by atoms with Gasteiger partial charge in [-0.15, -0.1) is 0 Å². The third-order valence-electron chi connectivity index (χ3n) is 2.28. The SMILES string of the molecule is COc1cccc(C=CC(=O)NCC(O)C(=O)O)c1. The van der Waals surface area contributed by atoms with Crippen LogP contribution in [0.1, 0.15) is 5.56 Å². The van der Waals surface area contributed by atoms with Crippen LogP contribution in [-0.4, -0.2) is 41.8 Å². The first-order chi connectivity index (χ1) is 9.02. The smallest absolute Gasteiger partial charge is 0.334 e. The van der Waals surface area contributed by atoms with Gasteiger partial charge in [0.25, 0.3) is 0 Å². The second-order valence-corrected chi connectivity index (χ2v) is 3.71. The van der Waals surface area contributed by atoms with Crippen LogP contribution in [-0.2, 0) is 9.59 Å². The van der Waals surface area contributed by atoms with Gasteiger partial charge in [-0.25, -0.2) is 4.79 Å². The van der Waals surface area contributed by atoms with Gasteiger partial charge < -0.3 is 20.3 Å². The van der Waals surface area contributed by atoms with Crippen molar-refractivity contribution >= 4 is 18.0 Å². The molecule has 0 heterocycles. The summed E-state index contributed by atoms with van der Waals surface area (Å²) in [7, 11) is 1.54. The van der Waals surface area contributed by atoms with E-state index >= 15 is 0 Å². The van der Waals surface area contributed by atoms with E-state index in [0.29, 0.717) is 5.75 Å². The van der Waals surface area contributed by atoms with Crippen LogP contribution in [0.3, 0.4) is 0 Å². The first kappa shape index (κ1) is 14.7. The Balaban J connectivity index is 2.51. The molecule has 6 nitrogen and oxygen atoms in total. The summed E-state index contributed by atoms with van der Waals surface area (Å²) in [5.41, 5.74) is 0.772. The number of aliphatic hydroxyl groups excluding tert-OH is 1. The molecule has 1 aromatic carbocycles. The standard InChI is InChI=1S/C13H15NO5/c1-19-10-4-2-3-9(7-10)5-6-12(16)14-8-11(15)13(17)18/h2-7,11,15H,8H2,1H3,(H,14,16)(H,17,18). The molecule has 0 aliphatic rings. The molecule has 0 aromatic heterocycles. The number of rotatable bonds is 6. The summed E-state index contributed by atoms with van der Waals surface area (Å²) in [6.07, 6.45) is 1.21. The lowest BCUT2D eigenvalue weighted by Gasteiger charge is -2.05. The average molecular weight is 265 g/mol. The number of carbonyl (C=O) groups excluding carboxylic acids is 1. The molecule has 0 fully saturated rings. The maximum Gasteiger partial charge on any atom is 0.334 e. The molecule has 0 aliphatic carbocycles. The van der Waals surface area contributed by atoms with Crippen molar-refractivity contribution in [2.24, 2.45) is 0 Å². The average Bonchev–Trinajstić information content (AvgIpc) is 2.42. The van der Waals surface area contributed by atoms with Gasteiger partial charge in [0.2, 0.25) is 5.91 Å². The molecule has 0 saturated carbocycles. The predicted octanol–water partition coefficient (Wildman–Crippen LogP) is 0.270. The molecule has 1 rings (SSSR count). The number of ether oxygens (including phenoxy) is 1. The van der Waals surface area contributed by atoms with E-state index < -0.39 is 18.0 Å². The monoisotopic (exact) mass is 265 g/mol. The van der Waals surface area contributed by atoms with Crippen LogP contribution in [0.4, 0.5) is 0 Å². The molecule has 1 aromatic rings. The zero-order valence-corrected chi connectivity index (χ0v) is 10.4. The van der Waals surface area contributed by atoms with Gasteiger partial charge >= 0.3 is 5.97 Å². The summed E-state index contributed by atoms with van der Waals surface area (Å²) in [6, 6.07) is 7.10. The molecule has 1 atom stereocenters. The first-order valence-electron chi connectivity index (χ1n) is 5.53. The van der Waals surface area contributed by atoms with Crippen molar-refractivity contribution in [3.05, 3.63) is 35.9 Å². The molecular weight excluding hydrogens is 250 g/mol. The lowest BCUT2D eigenvalue weighted by Crippen LogP contribution is -2.35. The normalized spacial score (nSPS) is 12.1. The van der Waals surface area contributed by atoms with Crippen molar-refractivity contribution in [2.75, 3.05) is 13.7 Å². The van der Waals surface area contributed by atoms with Crippen LogP contribution < -0.4 is 10.1 Å². The van der Waals surface area contributed by atoms with Gasteiger partial charge in [-0.3, -0.25) is 4.79 Å². The van der Waals surface area contributed by atoms with Crippen LogP contribution in [0.5, 0.6) is 5.75 Å². The molecule has 0 bridgehead atoms. The Hall–Kier alpha value is -2.34. The fraction of sp³-hybridized carbons (Fsp3) is 0.231. The third-order valence-corrected chi connectivity index (χ3v) is 2.28. The Bertz CT molecular complexity index is 484. The first-order valence-corrected chi connectivity index (χ1v) is 5.53. The van der Waals surface area contributed by atoms with Gasteiger partial charge in [-0.2, -0.15) is 0 Å². The van der Waals surface area contributed by atoms with Gasteiger partial charge in [-0.05, 0) is 23.8 Å². The number of aliphatic carboxylic acids is 1. The fourth-order valence-electron chi connectivity index (χ4n) is 1.26. The molecule has 0 aliphatic heterocycles. The molecule has 102 valence electrons. The highest BCUT2D eigenvalue weighted by atomic mass is 16.5. The summed E-state index contributed by atoms with van der Waals surface area (Å²) in [5, 5.41) is 19.7. The van der Waals surface area contributed by atoms with E-state index in [9.17, 15) is 9.59 Å². The van der Waals surface area contributed by atoms with Gasteiger partial charge in [0.05, 0.1) is 13.7 Å². The number of hydrogen-bond donors (Lipinski definition) is 3. The van der Waals surface area contributed by atoms with Gasteiger partial charge in [0.1, 0.15) is 5.75 Å². The van der Waals surface area contributed by atoms with Crippen LogP contribution in [0.15, 0.2) is 30.3 Å². The van der Waals surface area contributed by atoms with Crippen molar-refractivity contribution in [1.82, 2.24) is 5.32 Å². The van der Waals surface area contributed by atoms with Gasteiger partial charge in [0.15, 0.2) is 6.10 Å². The van der Waals surface area contributed by atoms with Gasteiger partial charge in [-0.1, -0.05) is 12.1 Å². The van der Waals surface area contributed by atoms with Crippen molar-refractivity contribution in [1.29, 1.82) is 0 Å². The lowest BCUT2D eigenvalue weighted by atomic mass is 10.2. The second kappa shape index (κ2) is 7.17. The minimum absolute atomic E-state index is 0.337. The Morgan fingerprint density at radius 3 is 2.84 bits per heavy atom. The van der Waals surface area contributed by atoms with Crippen LogP contribution in [0.25, 0.3) is 6.08 Å². The second-order valence-electron chi connectivity index (χ2n) is 3.71. The Labute approximate surface area is 110 Å². The Morgan fingerprint density at radius 1 is 1.47 bits per heavy atom. The number of nitrogens with one attached hydrogen (secondary N) is 1. The number of hydrogen-bond acceptors (Lipinski definition) is 4. The fourth-order valence-corrected chi connectivity index (χ4v) is 1.26.